The van der Waals surface area contributed by atoms with Gasteiger partial charge in [0, 0.05) is 0 Å². The summed E-state index contributed by atoms with van der Waals surface area (Å²) >= 11 is 0. The van der Waals surface area contributed by atoms with Gasteiger partial charge in [0.15, 0.2) is 11.5 Å². The molecular weight excluding hydrogens is 251 g/mol. The molecular formula is C14H17FO4. The molecule has 19 heavy (non-hydrogen) atoms. The van der Waals surface area contributed by atoms with Gasteiger partial charge >= 0.3 is 5.97 Å². The van der Waals surface area contributed by atoms with Gasteiger partial charge in [-0.2, -0.15) is 0 Å². The summed E-state index contributed by atoms with van der Waals surface area (Å²) in [6.45, 7) is 0. The van der Waals surface area contributed by atoms with Gasteiger partial charge in [0.25, 0.3) is 0 Å². The lowest BCUT2D eigenvalue weighted by atomic mass is 9.78. The predicted octanol–water partition coefficient (Wildman–Crippen LogP) is 2.74. The van der Waals surface area contributed by atoms with E-state index < -0.39 is 17.2 Å². The lowest BCUT2D eigenvalue weighted by Gasteiger charge is -2.27. The molecule has 1 aliphatic rings. The van der Waals surface area contributed by atoms with Crippen molar-refractivity contribution < 1.29 is 23.8 Å². The van der Waals surface area contributed by atoms with Crippen molar-refractivity contribution in [1.29, 1.82) is 0 Å². The van der Waals surface area contributed by atoms with Gasteiger partial charge in [-0.25, -0.2) is 4.39 Å². The summed E-state index contributed by atoms with van der Waals surface area (Å²) in [5.41, 5.74) is -1.09. The van der Waals surface area contributed by atoms with E-state index in [4.69, 9.17) is 9.47 Å². The Morgan fingerprint density at radius 3 is 2.37 bits per heavy atom. The lowest BCUT2D eigenvalue weighted by Crippen LogP contribution is -2.34. The molecule has 1 fully saturated rings. The summed E-state index contributed by atoms with van der Waals surface area (Å²) in [6.07, 6.45) is 2.38. The van der Waals surface area contributed by atoms with E-state index in [1.165, 1.54) is 26.4 Å². The van der Waals surface area contributed by atoms with Gasteiger partial charge in [-0.3, -0.25) is 4.79 Å². The second kappa shape index (κ2) is 5.07. The van der Waals surface area contributed by atoms with Crippen molar-refractivity contribution in [3.05, 3.63) is 23.5 Å². The number of methoxy groups -OCH3 is 2. The summed E-state index contributed by atoms with van der Waals surface area (Å²) in [4.78, 5) is 11.7. The van der Waals surface area contributed by atoms with Gasteiger partial charge in [0.05, 0.1) is 25.2 Å². The Balaban J connectivity index is 2.69. The van der Waals surface area contributed by atoms with Crippen LogP contribution in [0.3, 0.4) is 0 Å². The molecule has 1 N–H and O–H groups in total. The van der Waals surface area contributed by atoms with Gasteiger partial charge in [0.1, 0.15) is 5.82 Å². The van der Waals surface area contributed by atoms with Crippen LogP contribution in [0.1, 0.15) is 31.2 Å². The van der Waals surface area contributed by atoms with Crippen LogP contribution in [0.5, 0.6) is 11.5 Å². The molecule has 1 aliphatic carbocycles. The predicted molar refractivity (Wildman–Crippen MR) is 67.3 cm³/mol. The summed E-state index contributed by atoms with van der Waals surface area (Å²) in [7, 11) is 2.84. The average molecular weight is 268 g/mol. The fourth-order valence-corrected chi connectivity index (χ4v) is 2.90. The van der Waals surface area contributed by atoms with Crippen molar-refractivity contribution in [2.45, 2.75) is 31.1 Å². The minimum Gasteiger partial charge on any atom is -0.493 e. The van der Waals surface area contributed by atoms with Gasteiger partial charge in [-0.1, -0.05) is 12.8 Å². The lowest BCUT2D eigenvalue weighted by molar-refractivity contribution is -0.143. The zero-order valence-corrected chi connectivity index (χ0v) is 11.0. The molecule has 0 atom stereocenters. The summed E-state index contributed by atoms with van der Waals surface area (Å²) in [5.74, 6) is -1.02. The van der Waals surface area contributed by atoms with Crippen LogP contribution < -0.4 is 9.47 Å². The molecule has 0 aromatic heterocycles. The zero-order valence-electron chi connectivity index (χ0n) is 11.0. The normalized spacial score (nSPS) is 17.2. The zero-order chi connectivity index (χ0) is 14.0. The van der Waals surface area contributed by atoms with Crippen LogP contribution in [-0.2, 0) is 10.2 Å². The van der Waals surface area contributed by atoms with Crippen molar-refractivity contribution >= 4 is 5.97 Å². The Kier molecular flexibility index (Phi) is 3.64. The molecule has 104 valence electrons. The Bertz CT molecular complexity index is 492. The Hall–Kier alpha value is -1.78. The van der Waals surface area contributed by atoms with E-state index in [1.54, 1.807) is 0 Å². The molecule has 0 spiro atoms. The fourth-order valence-electron chi connectivity index (χ4n) is 2.90. The number of halogens is 1. The number of ether oxygens (including phenoxy) is 2. The van der Waals surface area contributed by atoms with Gasteiger partial charge in [0.2, 0.25) is 0 Å². The van der Waals surface area contributed by atoms with E-state index in [9.17, 15) is 14.3 Å². The Labute approximate surface area is 111 Å². The number of hydrogen-bond acceptors (Lipinski definition) is 3. The summed E-state index contributed by atoms with van der Waals surface area (Å²) < 4.78 is 24.6. The number of carboxylic acids is 1. The van der Waals surface area contributed by atoms with Crippen LogP contribution in [0.4, 0.5) is 4.39 Å². The number of aliphatic carboxylic acids is 1. The Morgan fingerprint density at radius 1 is 1.26 bits per heavy atom. The van der Waals surface area contributed by atoms with E-state index in [0.717, 1.165) is 12.8 Å². The molecule has 1 aromatic rings. The third kappa shape index (κ3) is 2.03. The van der Waals surface area contributed by atoms with Crippen LogP contribution in [-0.4, -0.2) is 25.3 Å². The average Bonchev–Trinajstić information content (AvgIpc) is 2.88. The number of carbonyl (C=O) groups is 1. The van der Waals surface area contributed by atoms with Crippen molar-refractivity contribution in [2.75, 3.05) is 14.2 Å². The molecule has 4 nitrogen and oxygen atoms in total. The van der Waals surface area contributed by atoms with E-state index in [0.29, 0.717) is 18.6 Å². The molecule has 0 aliphatic heterocycles. The Morgan fingerprint density at radius 2 is 1.89 bits per heavy atom. The minimum absolute atomic E-state index is 0.111. The molecule has 5 heteroatoms. The summed E-state index contributed by atoms with van der Waals surface area (Å²) in [5, 5.41) is 9.56. The molecule has 0 bridgehead atoms. The van der Waals surface area contributed by atoms with Crippen molar-refractivity contribution in [3.63, 3.8) is 0 Å². The second-order valence-electron chi connectivity index (χ2n) is 4.75. The quantitative estimate of drug-likeness (QED) is 0.912. The smallest absolute Gasteiger partial charge is 0.314 e. The highest BCUT2D eigenvalue weighted by atomic mass is 19.1. The molecule has 0 amide bonds. The highest BCUT2D eigenvalue weighted by Gasteiger charge is 2.47. The first kappa shape index (κ1) is 13.6. The van der Waals surface area contributed by atoms with Crippen molar-refractivity contribution in [2.24, 2.45) is 0 Å². The molecule has 2 rings (SSSR count). The second-order valence-corrected chi connectivity index (χ2v) is 4.75. The van der Waals surface area contributed by atoms with Gasteiger partial charge in [-0.15, -0.1) is 0 Å². The highest BCUT2D eigenvalue weighted by Crippen LogP contribution is 2.48. The van der Waals surface area contributed by atoms with Crippen molar-refractivity contribution in [3.8, 4) is 11.5 Å². The molecule has 0 radical (unpaired) electrons. The van der Waals surface area contributed by atoms with Crippen LogP contribution in [0.25, 0.3) is 0 Å². The third-order valence-electron chi connectivity index (χ3n) is 3.84. The van der Waals surface area contributed by atoms with Gasteiger partial charge in [-0.05, 0) is 25.0 Å². The standard InChI is InChI=1S/C14H17FO4/c1-18-10-6-5-9(15)11(12(10)19-2)14(13(16)17)7-3-4-8-14/h5-6H,3-4,7-8H2,1-2H3,(H,16,17). The fraction of sp³-hybridized carbons (Fsp3) is 0.500. The van der Waals surface area contributed by atoms with Crippen LogP contribution in [0.2, 0.25) is 0 Å². The molecule has 0 heterocycles. The maximum absolute atomic E-state index is 14.2. The maximum atomic E-state index is 14.2. The van der Waals surface area contributed by atoms with E-state index in [2.05, 4.69) is 0 Å². The van der Waals surface area contributed by atoms with Crippen LogP contribution in [0, 0.1) is 5.82 Å². The number of rotatable bonds is 4. The van der Waals surface area contributed by atoms with Gasteiger partial charge < -0.3 is 14.6 Å². The number of hydrogen-bond donors (Lipinski definition) is 1. The first-order chi connectivity index (χ1) is 9.06. The SMILES string of the molecule is COc1ccc(F)c(C2(C(=O)O)CCCC2)c1OC. The van der Waals surface area contributed by atoms with E-state index >= 15 is 0 Å². The monoisotopic (exact) mass is 268 g/mol. The van der Waals surface area contributed by atoms with E-state index in [-0.39, 0.29) is 11.3 Å². The minimum atomic E-state index is -1.20. The highest BCUT2D eigenvalue weighted by molar-refractivity contribution is 5.83. The molecule has 0 saturated heterocycles. The van der Waals surface area contributed by atoms with Crippen LogP contribution >= 0.6 is 0 Å². The molecule has 1 saturated carbocycles. The topological polar surface area (TPSA) is 55.8 Å². The van der Waals surface area contributed by atoms with Crippen LogP contribution in [0.15, 0.2) is 12.1 Å². The van der Waals surface area contributed by atoms with Crippen molar-refractivity contribution in [1.82, 2.24) is 0 Å². The third-order valence-corrected chi connectivity index (χ3v) is 3.84. The number of carboxylic acid groups (broad SMARTS) is 1. The largest absolute Gasteiger partial charge is 0.493 e. The molecule has 1 aromatic carbocycles. The first-order valence-electron chi connectivity index (χ1n) is 6.21. The number of benzene rings is 1. The van der Waals surface area contributed by atoms with E-state index in [1.807, 2.05) is 0 Å². The summed E-state index contributed by atoms with van der Waals surface area (Å²) in [6, 6.07) is 2.68. The first-order valence-corrected chi connectivity index (χ1v) is 6.21. The maximum Gasteiger partial charge on any atom is 0.314 e. The molecule has 0 unspecified atom stereocenters.